The third kappa shape index (κ3) is 54.9. The molecule has 0 aromatic rings. The van der Waals surface area contributed by atoms with Crippen LogP contribution in [0.2, 0.25) is 0 Å². The summed E-state index contributed by atoms with van der Waals surface area (Å²) in [5, 5.41) is 23.2. The fraction of sp³-hybridized carbons (Fsp3) is 0.812. The van der Waals surface area contributed by atoms with Gasteiger partial charge in [0.2, 0.25) is 5.91 Å². The Morgan fingerprint density at radius 2 is 0.714 bits per heavy atom. The number of aliphatic hydroxyl groups is 2. The van der Waals surface area contributed by atoms with Gasteiger partial charge in [0.1, 0.15) is 0 Å². The first-order valence-corrected chi connectivity index (χ1v) is 30.6. The summed E-state index contributed by atoms with van der Waals surface area (Å²) in [6, 6.07) is -0.643. The highest BCUT2D eigenvalue weighted by Gasteiger charge is 2.18. The number of rotatable bonds is 56. The van der Waals surface area contributed by atoms with Crippen molar-refractivity contribution in [2.24, 2.45) is 0 Å². The highest BCUT2D eigenvalue weighted by atomic mass is 16.5. The molecule has 70 heavy (non-hydrogen) atoms. The van der Waals surface area contributed by atoms with Crippen LogP contribution in [0.1, 0.15) is 309 Å². The maximum Gasteiger partial charge on any atom is 0.305 e. The lowest BCUT2D eigenvalue weighted by atomic mass is 10.0. The Bertz CT molecular complexity index is 1220. The third-order valence-corrected chi connectivity index (χ3v) is 13.8. The van der Waals surface area contributed by atoms with Crippen molar-refractivity contribution in [1.82, 2.24) is 5.32 Å². The predicted molar refractivity (Wildman–Crippen MR) is 305 cm³/mol. The van der Waals surface area contributed by atoms with Crippen LogP contribution in [0.5, 0.6) is 0 Å². The number of allylic oxidation sites excluding steroid dienone is 9. The Balaban J connectivity index is 3.54. The zero-order valence-corrected chi connectivity index (χ0v) is 46.5. The lowest BCUT2D eigenvalue weighted by Gasteiger charge is -2.20. The molecule has 0 saturated carbocycles. The van der Waals surface area contributed by atoms with Gasteiger partial charge >= 0.3 is 5.97 Å². The number of ether oxygens (including phenoxy) is 1. The van der Waals surface area contributed by atoms with Crippen LogP contribution in [0, 0.1) is 0 Å². The number of carbonyl (C=O) groups excluding carboxylic acids is 2. The number of esters is 1. The Morgan fingerprint density at radius 3 is 1.11 bits per heavy atom. The normalized spacial score (nSPS) is 13.0. The van der Waals surface area contributed by atoms with E-state index in [1.165, 1.54) is 186 Å². The van der Waals surface area contributed by atoms with Crippen molar-refractivity contribution < 1.29 is 24.5 Å². The third-order valence-electron chi connectivity index (χ3n) is 13.8. The van der Waals surface area contributed by atoms with Crippen LogP contribution in [0.3, 0.4) is 0 Å². The monoisotopic (exact) mass is 980 g/mol. The number of hydrogen-bond donors (Lipinski definition) is 3. The quantitative estimate of drug-likeness (QED) is 0.0321. The van der Waals surface area contributed by atoms with Gasteiger partial charge in [0.15, 0.2) is 0 Å². The molecule has 408 valence electrons. The molecule has 0 aromatic carbocycles. The molecule has 0 aliphatic carbocycles. The van der Waals surface area contributed by atoms with E-state index in [2.05, 4.69) is 67.8 Å². The van der Waals surface area contributed by atoms with Crippen LogP contribution >= 0.6 is 0 Å². The van der Waals surface area contributed by atoms with Crippen LogP contribution in [0.15, 0.2) is 60.8 Å². The average molecular weight is 981 g/mol. The summed E-state index contributed by atoms with van der Waals surface area (Å²) in [7, 11) is 0. The van der Waals surface area contributed by atoms with Crippen LogP contribution < -0.4 is 5.32 Å². The van der Waals surface area contributed by atoms with Gasteiger partial charge in [0, 0.05) is 12.8 Å². The van der Waals surface area contributed by atoms with Crippen LogP contribution in [-0.4, -0.2) is 47.4 Å². The number of nitrogens with one attached hydrogen (secondary N) is 1. The van der Waals surface area contributed by atoms with E-state index >= 15 is 0 Å². The molecule has 0 spiro atoms. The summed E-state index contributed by atoms with van der Waals surface area (Å²) in [5.41, 5.74) is 0. The van der Waals surface area contributed by atoms with Crippen molar-refractivity contribution in [1.29, 1.82) is 0 Å². The Morgan fingerprint density at radius 1 is 0.400 bits per heavy atom. The molecule has 2 atom stereocenters. The molecule has 0 aromatic heterocycles. The maximum atomic E-state index is 12.5. The molecule has 1 amide bonds. The summed E-state index contributed by atoms with van der Waals surface area (Å²) >= 11 is 0. The van der Waals surface area contributed by atoms with Crippen LogP contribution in [-0.2, 0) is 14.3 Å². The van der Waals surface area contributed by atoms with Gasteiger partial charge in [0.25, 0.3) is 0 Å². The van der Waals surface area contributed by atoms with E-state index in [9.17, 15) is 19.8 Å². The largest absolute Gasteiger partial charge is 0.466 e. The van der Waals surface area contributed by atoms with Gasteiger partial charge in [-0.25, -0.2) is 0 Å². The Kier molecular flexibility index (Phi) is 57.1. The lowest BCUT2D eigenvalue weighted by molar-refractivity contribution is -0.143. The number of unbranched alkanes of at least 4 members (excludes halogenated alkanes) is 37. The first kappa shape index (κ1) is 67.6. The molecule has 3 N–H and O–H groups in total. The van der Waals surface area contributed by atoms with Gasteiger partial charge in [0.05, 0.1) is 25.4 Å². The van der Waals surface area contributed by atoms with Crippen LogP contribution in [0.25, 0.3) is 0 Å². The molecule has 0 aliphatic rings. The van der Waals surface area contributed by atoms with E-state index < -0.39 is 12.1 Å². The number of amides is 1. The van der Waals surface area contributed by atoms with Gasteiger partial charge < -0.3 is 20.3 Å². The first-order chi connectivity index (χ1) is 34.5. The molecule has 0 fully saturated rings. The van der Waals surface area contributed by atoms with Gasteiger partial charge in [-0.3, -0.25) is 9.59 Å². The first-order valence-electron chi connectivity index (χ1n) is 30.6. The zero-order chi connectivity index (χ0) is 50.7. The maximum absolute atomic E-state index is 12.5. The van der Waals surface area contributed by atoms with Crippen molar-refractivity contribution in [2.75, 3.05) is 13.2 Å². The van der Waals surface area contributed by atoms with Gasteiger partial charge in [-0.2, -0.15) is 0 Å². The lowest BCUT2D eigenvalue weighted by Crippen LogP contribution is -2.45. The van der Waals surface area contributed by atoms with Gasteiger partial charge in [-0.1, -0.05) is 254 Å². The summed E-state index contributed by atoms with van der Waals surface area (Å²) in [5.74, 6) is -0.114. The zero-order valence-electron chi connectivity index (χ0n) is 46.5. The summed E-state index contributed by atoms with van der Waals surface area (Å²) in [6.07, 6.45) is 76.8. The molecule has 0 saturated heterocycles. The van der Waals surface area contributed by atoms with E-state index in [0.717, 1.165) is 96.3 Å². The van der Waals surface area contributed by atoms with E-state index in [1.807, 2.05) is 6.08 Å². The van der Waals surface area contributed by atoms with Gasteiger partial charge in [-0.15, -0.1) is 0 Å². The molecule has 0 rings (SSSR count). The summed E-state index contributed by atoms with van der Waals surface area (Å²) in [6.45, 7) is 4.83. The van der Waals surface area contributed by atoms with E-state index in [4.69, 9.17) is 4.74 Å². The molecule has 0 aliphatic heterocycles. The minimum absolute atomic E-state index is 0.0308. The molecule has 0 heterocycles. The topological polar surface area (TPSA) is 95.9 Å². The van der Waals surface area contributed by atoms with Crippen molar-refractivity contribution in [3.63, 3.8) is 0 Å². The highest BCUT2D eigenvalue weighted by Crippen LogP contribution is 2.16. The van der Waals surface area contributed by atoms with Gasteiger partial charge in [-0.05, 0) is 103 Å². The van der Waals surface area contributed by atoms with E-state index in [0.29, 0.717) is 19.4 Å². The summed E-state index contributed by atoms with van der Waals surface area (Å²) in [4.78, 5) is 24.5. The fourth-order valence-electron chi connectivity index (χ4n) is 9.05. The molecule has 0 bridgehead atoms. The molecule has 6 nitrogen and oxygen atoms in total. The van der Waals surface area contributed by atoms with E-state index in [-0.39, 0.29) is 18.5 Å². The fourth-order valence-corrected chi connectivity index (χ4v) is 9.05. The number of aliphatic hydroxyl groups excluding tert-OH is 2. The predicted octanol–water partition coefficient (Wildman–Crippen LogP) is 19.1. The molecular weight excluding hydrogens is 863 g/mol. The molecule has 0 radical (unpaired) electrons. The number of hydrogen-bond acceptors (Lipinski definition) is 5. The van der Waals surface area contributed by atoms with Crippen molar-refractivity contribution in [3.05, 3.63) is 60.8 Å². The van der Waals surface area contributed by atoms with Crippen molar-refractivity contribution in [3.8, 4) is 0 Å². The van der Waals surface area contributed by atoms with Crippen LogP contribution in [0.4, 0.5) is 0 Å². The molecular formula is C64H117NO5. The highest BCUT2D eigenvalue weighted by molar-refractivity contribution is 5.76. The van der Waals surface area contributed by atoms with E-state index in [1.54, 1.807) is 6.08 Å². The standard InChI is InChI=1S/C64H117NO5/c1-3-5-7-9-11-13-15-17-19-20-21-22-23-25-29-32-36-40-44-48-52-56-62(67)61(60-66)65-63(68)57-53-49-45-41-37-33-30-26-24-27-31-35-39-43-47-51-55-59-70-64(69)58-54-50-46-42-38-34-28-18-16-14-12-10-8-6-4-2/h12,14,18,24,27-28,35,39,52,56,61-62,66-67H,3-11,13,15-17,19-23,25-26,29-34,36-38,40-51,53-55,57-60H2,1-2H3,(H,65,68)/b14-12-,27-24-,28-18-,39-35-,56-52+. The van der Waals surface area contributed by atoms with Crippen molar-refractivity contribution in [2.45, 2.75) is 321 Å². The second kappa shape index (κ2) is 59.1. The number of carbonyl (C=O) groups is 2. The SMILES string of the molecule is CCCCC/C=C\C/C=C\CCCCCCCC(=O)OCCCCC/C=C\C/C=C\CCCCCCCCCC(=O)NC(CO)C(O)/C=C/CCCCCCCCCCCCCCCCCCCCC. The second-order valence-electron chi connectivity index (χ2n) is 20.7. The minimum Gasteiger partial charge on any atom is -0.466 e. The second-order valence-corrected chi connectivity index (χ2v) is 20.7. The Hall–Kier alpha value is -2.44. The smallest absolute Gasteiger partial charge is 0.305 e. The molecule has 6 heteroatoms. The average Bonchev–Trinajstić information content (AvgIpc) is 3.36. The van der Waals surface area contributed by atoms with Crippen molar-refractivity contribution >= 4 is 11.9 Å². The summed E-state index contributed by atoms with van der Waals surface area (Å²) < 4.78 is 5.45. The molecule has 2 unspecified atom stereocenters. The Labute approximate surface area is 435 Å². The minimum atomic E-state index is -0.858.